The summed E-state index contributed by atoms with van der Waals surface area (Å²) in [5, 5.41) is 5.44. The zero-order chi connectivity index (χ0) is 19.6. The average molecular weight is 368 g/mol. The SMILES string of the molecule is COc1ccc(CNC(=O)C(C)NC(=O)/C=C/c2ccccc2)cc1OC. The Balaban J connectivity index is 1.84. The molecule has 0 fully saturated rings. The summed E-state index contributed by atoms with van der Waals surface area (Å²) in [6.07, 6.45) is 3.11. The summed E-state index contributed by atoms with van der Waals surface area (Å²) in [6, 6.07) is 14.2. The van der Waals surface area contributed by atoms with Crippen LogP contribution < -0.4 is 20.1 Å². The van der Waals surface area contributed by atoms with Gasteiger partial charge in [-0.05, 0) is 36.3 Å². The van der Waals surface area contributed by atoms with Crippen molar-refractivity contribution in [3.8, 4) is 11.5 Å². The maximum absolute atomic E-state index is 12.2. The summed E-state index contributed by atoms with van der Waals surface area (Å²) in [7, 11) is 3.12. The monoisotopic (exact) mass is 368 g/mol. The number of nitrogens with one attached hydrogen (secondary N) is 2. The molecule has 1 unspecified atom stereocenters. The summed E-state index contributed by atoms with van der Waals surface area (Å²) < 4.78 is 10.4. The van der Waals surface area contributed by atoms with Gasteiger partial charge in [-0.2, -0.15) is 0 Å². The van der Waals surface area contributed by atoms with E-state index in [1.165, 1.54) is 6.08 Å². The molecule has 0 radical (unpaired) electrons. The second-order valence-corrected chi connectivity index (χ2v) is 5.88. The molecule has 0 saturated carbocycles. The lowest BCUT2D eigenvalue weighted by Crippen LogP contribution is -2.44. The van der Waals surface area contributed by atoms with Gasteiger partial charge in [-0.25, -0.2) is 0 Å². The molecule has 0 aromatic heterocycles. The molecule has 0 aliphatic heterocycles. The molecular weight excluding hydrogens is 344 g/mol. The third-order valence-electron chi connectivity index (χ3n) is 3.89. The molecule has 2 aromatic rings. The quantitative estimate of drug-likeness (QED) is 0.702. The minimum absolute atomic E-state index is 0.272. The van der Waals surface area contributed by atoms with E-state index in [-0.39, 0.29) is 11.8 Å². The van der Waals surface area contributed by atoms with Gasteiger partial charge in [0.15, 0.2) is 11.5 Å². The van der Waals surface area contributed by atoms with Crippen LogP contribution in [0.3, 0.4) is 0 Å². The summed E-state index contributed by atoms with van der Waals surface area (Å²) >= 11 is 0. The molecule has 6 heteroatoms. The molecule has 0 spiro atoms. The first-order valence-corrected chi connectivity index (χ1v) is 8.55. The molecule has 1 atom stereocenters. The number of hydrogen-bond donors (Lipinski definition) is 2. The van der Waals surface area contributed by atoms with Gasteiger partial charge < -0.3 is 20.1 Å². The van der Waals surface area contributed by atoms with Crippen LogP contribution in [0.2, 0.25) is 0 Å². The third kappa shape index (κ3) is 6.18. The standard InChI is InChI=1S/C21H24N2O4/c1-15(23-20(24)12-10-16-7-5-4-6-8-16)21(25)22-14-17-9-11-18(26-2)19(13-17)27-3/h4-13,15H,14H2,1-3H3,(H,22,25)(H,23,24)/b12-10+. The molecule has 0 aliphatic carbocycles. The van der Waals surface area contributed by atoms with Crippen LogP contribution in [0.5, 0.6) is 11.5 Å². The third-order valence-corrected chi connectivity index (χ3v) is 3.89. The molecular formula is C21H24N2O4. The van der Waals surface area contributed by atoms with Crippen molar-refractivity contribution in [1.82, 2.24) is 10.6 Å². The maximum atomic E-state index is 12.2. The minimum atomic E-state index is -0.655. The van der Waals surface area contributed by atoms with Gasteiger partial charge >= 0.3 is 0 Å². The van der Waals surface area contributed by atoms with Crippen molar-refractivity contribution in [3.05, 3.63) is 65.7 Å². The van der Waals surface area contributed by atoms with Crippen molar-refractivity contribution in [2.45, 2.75) is 19.5 Å². The van der Waals surface area contributed by atoms with E-state index < -0.39 is 6.04 Å². The molecule has 27 heavy (non-hydrogen) atoms. The zero-order valence-electron chi connectivity index (χ0n) is 15.7. The van der Waals surface area contributed by atoms with Crippen LogP contribution >= 0.6 is 0 Å². The number of hydrogen-bond acceptors (Lipinski definition) is 4. The Morgan fingerprint density at radius 2 is 1.74 bits per heavy atom. The van der Waals surface area contributed by atoms with Gasteiger partial charge in [0, 0.05) is 12.6 Å². The molecule has 2 rings (SSSR count). The highest BCUT2D eigenvalue weighted by Crippen LogP contribution is 2.27. The summed E-state index contributed by atoms with van der Waals surface area (Å²) in [4.78, 5) is 24.1. The van der Waals surface area contributed by atoms with Crippen molar-refractivity contribution in [2.24, 2.45) is 0 Å². The van der Waals surface area contributed by atoms with Crippen molar-refractivity contribution < 1.29 is 19.1 Å². The first-order valence-electron chi connectivity index (χ1n) is 8.55. The predicted octanol–water partition coefficient (Wildman–Crippen LogP) is 2.54. The smallest absolute Gasteiger partial charge is 0.244 e. The fourth-order valence-electron chi connectivity index (χ4n) is 2.40. The molecule has 142 valence electrons. The number of benzene rings is 2. The summed E-state index contributed by atoms with van der Waals surface area (Å²) in [5.74, 6) is 0.619. The van der Waals surface area contributed by atoms with E-state index in [2.05, 4.69) is 10.6 Å². The molecule has 0 bridgehead atoms. The highest BCUT2D eigenvalue weighted by molar-refractivity contribution is 5.95. The van der Waals surface area contributed by atoms with Gasteiger partial charge in [0.1, 0.15) is 6.04 Å². The number of carbonyl (C=O) groups is 2. The van der Waals surface area contributed by atoms with Crippen molar-refractivity contribution in [2.75, 3.05) is 14.2 Å². The number of ether oxygens (including phenoxy) is 2. The molecule has 2 aromatic carbocycles. The van der Waals surface area contributed by atoms with E-state index in [1.807, 2.05) is 36.4 Å². The topological polar surface area (TPSA) is 76.7 Å². The fraction of sp³-hybridized carbons (Fsp3) is 0.238. The van der Waals surface area contributed by atoms with Gasteiger partial charge in [0.25, 0.3) is 0 Å². The van der Waals surface area contributed by atoms with Crippen LogP contribution in [0.25, 0.3) is 6.08 Å². The first kappa shape index (κ1) is 20.0. The van der Waals surface area contributed by atoms with Crippen LogP contribution in [-0.2, 0) is 16.1 Å². The number of methoxy groups -OCH3 is 2. The largest absolute Gasteiger partial charge is 0.493 e. The zero-order valence-corrected chi connectivity index (χ0v) is 15.7. The van der Waals surface area contributed by atoms with E-state index in [0.29, 0.717) is 18.0 Å². The second-order valence-electron chi connectivity index (χ2n) is 5.88. The Labute approximate surface area is 159 Å². The Bertz CT molecular complexity index is 803. The van der Waals surface area contributed by atoms with Crippen molar-refractivity contribution >= 4 is 17.9 Å². The van der Waals surface area contributed by atoms with Crippen LogP contribution in [-0.4, -0.2) is 32.1 Å². The first-order chi connectivity index (χ1) is 13.0. The molecule has 6 nitrogen and oxygen atoms in total. The van der Waals surface area contributed by atoms with E-state index in [0.717, 1.165) is 11.1 Å². The van der Waals surface area contributed by atoms with Crippen LogP contribution in [0.1, 0.15) is 18.1 Å². The lowest BCUT2D eigenvalue weighted by Gasteiger charge is -2.14. The molecule has 0 heterocycles. The van der Waals surface area contributed by atoms with Gasteiger partial charge in [-0.15, -0.1) is 0 Å². The van der Waals surface area contributed by atoms with E-state index in [1.54, 1.807) is 39.4 Å². The van der Waals surface area contributed by atoms with E-state index in [4.69, 9.17) is 9.47 Å². The van der Waals surface area contributed by atoms with Gasteiger partial charge in [-0.3, -0.25) is 9.59 Å². The average Bonchev–Trinajstić information content (AvgIpc) is 2.70. The van der Waals surface area contributed by atoms with Gasteiger partial charge in [0.2, 0.25) is 11.8 Å². The predicted molar refractivity (Wildman–Crippen MR) is 104 cm³/mol. The number of rotatable bonds is 8. The fourth-order valence-corrected chi connectivity index (χ4v) is 2.40. The number of carbonyl (C=O) groups excluding carboxylic acids is 2. The van der Waals surface area contributed by atoms with Crippen LogP contribution in [0, 0.1) is 0 Å². The number of amides is 2. The van der Waals surface area contributed by atoms with Crippen LogP contribution in [0.4, 0.5) is 0 Å². The summed E-state index contributed by atoms with van der Waals surface area (Å²) in [6.45, 7) is 1.96. The Kier molecular flexibility index (Phi) is 7.43. The highest BCUT2D eigenvalue weighted by atomic mass is 16.5. The lowest BCUT2D eigenvalue weighted by atomic mass is 10.2. The van der Waals surface area contributed by atoms with Crippen LogP contribution in [0.15, 0.2) is 54.6 Å². The molecule has 0 aliphatic rings. The summed E-state index contributed by atoms with van der Waals surface area (Å²) in [5.41, 5.74) is 1.78. The molecule has 0 saturated heterocycles. The van der Waals surface area contributed by atoms with Crippen molar-refractivity contribution in [3.63, 3.8) is 0 Å². The van der Waals surface area contributed by atoms with E-state index >= 15 is 0 Å². The Morgan fingerprint density at radius 1 is 1.04 bits per heavy atom. The highest BCUT2D eigenvalue weighted by Gasteiger charge is 2.14. The Hall–Kier alpha value is -3.28. The second kappa shape index (κ2) is 10.0. The lowest BCUT2D eigenvalue weighted by molar-refractivity contribution is -0.126. The maximum Gasteiger partial charge on any atom is 0.244 e. The van der Waals surface area contributed by atoms with Crippen molar-refractivity contribution in [1.29, 1.82) is 0 Å². The normalized spacial score (nSPS) is 11.7. The minimum Gasteiger partial charge on any atom is -0.493 e. The molecule has 2 amide bonds. The van der Waals surface area contributed by atoms with Gasteiger partial charge in [0.05, 0.1) is 14.2 Å². The Morgan fingerprint density at radius 3 is 2.41 bits per heavy atom. The van der Waals surface area contributed by atoms with Gasteiger partial charge in [-0.1, -0.05) is 36.4 Å². The molecule has 2 N–H and O–H groups in total. The van der Waals surface area contributed by atoms with E-state index in [9.17, 15) is 9.59 Å².